The quantitative estimate of drug-likeness (QED) is 0.0782. The minimum absolute atomic E-state index is 0.0295. The van der Waals surface area contributed by atoms with Gasteiger partial charge in [0.25, 0.3) is 0 Å². The average Bonchev–Trinajstić information content (AvgIpc) is 3.33. The summed E-state index contributed by atoms with van der Waals surface area (Å²) >= 11 is 0. The highest BCUT2D eigenvalue weighted by Crippen LogP contribution is 2.42. The van der Waals surface area contributed by atoms with Crippen LogP contribution in [-0.4, -0.2) is 115 Å². The Labute approximate surface area is 265 Å². The number of nitrogens with two attached hydrogens (primary N) is 1. The summed E-state index contributed by atoms with van der Waals surface area (Å²) in [6.07, 6.45) is -0.710. The summed E-state index contributed by atoms with van der Waals surface area (Å²) in [5.41, 5.74) is 8.02. The predicted octanol–water partition coefficient (Wildman–Crippen LogP) is 1.52. The van der Waals surface area contributed by atoms with E-state index in [1.165, 1.54) is 13.8 Å². The Morgan fingerprint density at radius 3 is 2.24 bits per heavy atom. The predicted molar refractivity (Wildman–Crippen MR) is 163 cm³/mol. The molecule has 1 unspecified atom stereocenters. The topological polar surface area (TPSA) is 222 Å². The van der Waals surface area contributed by atoms with E-state index in [1.807, 2.05) is 17.6 Å². The third-order valence-electron chi connectivity index (χ3n) is 6.13. The summed E-state index contributed by atoms with van der Waals surface area (Å²) in [5, 5.41) is 10.2. The number of aliphatic hydroxyl groups excluding tert-OH is 1. The number of phosphoric acid groups is 1. The number of pyridine rings is 1. The maximum atomic E-state index is 12.1. The number of esters is 2. The van der Waals surface area contributed by atoms with Gasteiger partial charge in [0.05, 0.1) is 70.5 Å². The Balaban J connectivity index is 1.27. The van der Waals surface area contributed by atoms with Crippen LogP contribution in [0.5, 0.6) is 5.75 Å². The number of fused-ring (bicyclic) bond motifs is 3. The number of aromatic nitrogens is 3. The van der Waals surface area contributed by atoms with Crippen molar-refractivity contribution in [1.29, 1.82) is 0 Å². The molecule has 4 N–H and O–H groups in total. The monoisotopic (exact) mass is 672 g/mol. The number of nitrogens with zero attached hydrogens (tertiary/aromatic N) is 3. The molecule has 0 aliphatic heterocycles. The van der Waals surface area contributed by atoms with E-state index in [2.05, 4.69) is 9.97 Å². The van der Waals surface area contributed by atoms with Crippen LogP contribution in [0.25, 0.3) is 21.9 Å². The molecule has 0 saturated heterocycles. The largest absolute Gasteiger partial charge is 0.491 e. The molecule has 0 amide bonds. The molecule has 1 aromatic carbocycles. The van der Waals surface area contributed by atoms with E-state index in [9.17, 15) is 24.2 Å². The molecule has 2 aromatic heterocycles. The number of hydrogen-bond acceptors (Lipinski definition) is 15. The Morgan fingerprint density at radius 1 is 0.935 bits per heavy atom. The second kappa shape index (κ2) is 18.7. The molecule has 2 heterocycles. The summed E-state index contributed by atoms with van der Waals surface area (Å²) in [6, 6.07) is 5.23. The fourth-order valence-corrected chi connectivity index (χ4v) is 4.93. The van der Waals surface area contributed by atoms with Crippen LogP contribution < -0.4 is 10.5 Å². The van der Waals surface area contributed by atoms with Crippen molar-refractivity contribution in [3.05, 3.63) is 24.0 Å². The number of imidazole rings is 1. The van der Waals surface area contributed by atoms with Crippen molar-refractivity contribution in [3.63, 3.8) is 0 Å². The molecule has 3 rings (SSSR count). The summed E-state index contributed by atoms with van der Waals surface area (Å²) in [5.74, 6) is 0.413. The van der Waals surface area contributed by atoms with Crippen LogP contribution in [-0.2, 0) is 53.4 Å². The fourth-order valence-electron chi connectivity index (χ4n) is 4.24. The van der Waals surface area contributed by atoms with E-state index in [-0.39, 0.29) is 78.5 Å². The second-order valence-electron chi connectivity index (χ2n) is 9.72. The highest BCUT2D eigenvalue weighted by atomic mass is 31.2. The van der Waals surface area contributed by atoms with Gasteiger partial charge in [-0.1, -0.05) is 0 Å². The van der Waals surface area contributed by atoms with Crippen LogP contribution in [0.1, 0.15) is 19.7 Å². The molecule has 0 bridgehead atoms. The van der Waals surface area contributed by atoms with Gasteiger partial charge in [-0.25, -0.2) is 14.5 Å². The van der Waals surface area contributed by atoms with Gasteiger partial charge < -0.3 is 48.7 Å². The Kier molecular flexibility index (Phi) is 15.0. The van der Waals surface area contributed by atoms with Crippen molar-refractivity contribution in [2.24, 2.45) is 0 Å². The number of anilines is 1. The van der Waals surface area contributed by atoms with E-state index in [1.54, 1.807) is 12.1 Å². The van der Waals surface area contributed by atoms with Crippen molar-refractivity contribution < 1.29 is 61.6 Å². The van der Waals surface area contributed by atoms with Crippen molar-refractivity contribution in [1.82, 2.24) is 14.5 Å². The third-order valence-corrected chi connectivity index (χ3v) is 7.15. The molecule has 17 nitrogen and oxygen atoms in total. The lowest BCUT2D eigenvalue weighted by Crippen LogP contribution is -2.29. The zero-order chi connectivity index (χ0) is 33.5. The summed E-state index contributed by atoms with van der Waals surface area (Å²) < 4.78 is 55.4. The summed E-state index contributed by atoms with van der Waals surface area (Å²) in [4.78, 5) is 40.8. The molecule has 0 saturated carbocycles. The number of carbonyl (C=O) groups excluding carboxylic acids is 2. The molecule has 2 atom stereocenters. The average molecular weight is 673 g/mol. The number of phosphoric ester groups is 1. The molecule has 3 aromatic rings. The normalized spacial score (nSPS) is 13.5. The van der Waals surface area contributed by atoms with Crippen LogP contribution in [0, 0.1) is 6.92 Å². The van der Waals surface area contributed by atoms with Crippen molar-refractivity contribution in [3.8, 4) is 5.75 Å². The van der Waals surface area contributed by atoms with Gasteiger partial charge >= 0.3 is 19.8 Å². The maximum absolute atomic E-state index is 12.1. The van der Waals surface area contributed by atoms with Gasteiger partial charge in [-0.3, -0.25) is 18.6 Å². The second-order valence-corrected chi connectivity index (χ2v) is 11.2. The molecule has 0 fully saturated rings. The number of ether oxygens (including phenoxy) is 6. The molecule has 46 heavy (non-hydrogen) atoms. The van der Waals surface area contributed by atoms with Crippen LogP contribution in [0.2, 0.25) is 0 Å². The first-order valence-electron chi connectivity index (χ1n) is 14.5. The van der Waals surface area contributed by atoms with Gasteiger partial charge in [-0.05, 0) is 19.1 Å². The van der Waals surface area contributed by atoms with E-state index in [4.69, 9.17) is 43.2 Å². The zero-order valence-corrected chi connectivity index (χ0v) is 26.9. The molecular formula is C28H41N4O13P. The number of hydrogen-bond donors (Lipinski definition) is 3. The lowest BCUT2D eigenvalue weighted by Gasteiger charge is -2.16. The minimum atomic E-state index is -4.32. The minimum Gasteiger partial charge on any atom is -0.491 e. The number of rotatable bonds is 22. The van der Waals surface area contributed by atoms with Crippen LogP contribution in [0.3, 0.4) is 0 Å². The molecule has 0 spiro atoms. The Hall–Kier alpha value is -3.41. The number of benzene rings is 1. The van der Waals surface area contributed by atoms with E-state index < -0.39 is 25.9 Å². The van der Waals surface area contributed by atoms with Gasteiger partial charge in [-0.15, -0.1) is 0 Å². The number of aryl methyl sites for hydroxylation is 1. The van der Waals surface area contributed by atoms with E-state index in [0.29, 0.717) is 29.2 Å². The van der Waals surface area contributed by atoms with Crippen LogP contribution in [0.4, 0.5) is 5.82 Å². The molecule has 18 heteroatoms. The van der Waals surface area contributed by atoms with E-state index in [0.717, 1.165) is 10.9 Å². The number of aliphatic hydroxyl groups is 1. The zero-order valence-electron chi connectivity index (χ0n) is 26.0. The number of nitrogen functional groups attached to an aromatic ring is 1. The lowest BCUT2D eigenvalue weighted by atomic mass is 10.1. The van der Waals surface area contributed by atoms with Gasteiger partial charge in [0.2, 0.25) is 0 Å². The van der Waals surface area contributed by atoms with Gasteiger partial charge in [-0.2, -0.15) is 0 Å². The maximum Gasteiger partial charge on any atom is 0.472 e. The van der Waals surface area contributed by atoms with Gasteiger partial charge in [0, 0.05) is 31.8 Å². The third kappa shape index (κ3) is 12.1. The Morgan fingerprint density at radius 2 is 1.59 bits per heavy atom. The highest BCUT2D eigenvalue weighted by Gasteiger charge is 2.21. The SMILES string of the molecule is CC(=O)OC[C@H](COCCOCCOCCOP(=O)(O)OCCOc1ccc2c(c1)nc(N)c1nc(C)n(CCO)c12)OC(C)=O. The molecule has 0 radical (unpaired) electrons. The summed E-state index contributed by atoms with van der Waals surface area (Å²) in [6.45, 7) is 5.07. The highest BCUT2D eigenvalue weighted by molar-refractivity contribution is 7.47. The lowest BCUT2D eigenvalue weighted by molar-refractivity contribution is -0.160. The molecular weight excluding hydrogens is 631 g/mol. The first-order valence-corrected chi connectivity index (χ1v) is 16.0. The van der Waals surface area contributed by atoms with Crippen molar-refractivity contribution in [2.45, 2.75) is 33.4 Å². The first-order chi connectivity index (χ1) is 22.0. The smallest absolute Gasteiger partial charge is 0.472 e. The first kappa shape index (κ1) is 37.1. The number of carbonyl (C=O) groups is 2. The fraction of sp³-hybridized carbons (Fsp3) is 0.571. The van der Waals surface area contributed by atoms with Crippen molar-refractivity contribution in [2.75, 3.05) is 78.4 Å². The standard InChI is InChI=1S/C28H41N4O13P/c1-19-30-26-27(32(19)6-7-33)24-5-4-22(16-25(24)31-28(26)29)41-13-15-44-46(36,37)43-14-12-39-9-8-38-10-11-40-17-23(45-21(3)35)18-42-20(2)34/h4-5,16,23,33H,6-15,17-18H2,1-3H3,(H2,29,31)(H,36,37)/t23-/m0/s1. The van der Waals surface area contributed by atoms with Crippen molar-refractivity contribution >= 4 is 47.5 Å². The summed E-state index contributed by atoms with van der Waals surface area (Å²) in [7, 11) is -4.32. The van der Waals surface area contributed by atoms with E-state index >= 15 is 0 Å². The van der Waals surface area contributed by atoms with Crippen LogP contribution >= 0.6 is 7.82 Å². The molecule has 0 aliphatic carbocycles. The molecule has 256 valence electrons. The van der Waals surface area contributed by atoms with Crippen LogP contribution in [0.15, 0.2) is 18.2 Å². The Bertz CT molecular complexity index is 1480. The van der Waals surface area contributed by atoms with Gasteiger partial charge in [0.15, 0.2) is 11.9 Å². The van der Waals surface area contributed by atoms with Gasteiger partial charge in [0.1, 0.15) is 30.3 Å². The molecule has 0 aliphatic rings.